The molecule has 1 N–H and O–H groups in total. The normalized spacial score (nSPS) is 21.2. The van der Waals surface area contributed by atoms with Gasteiger partial charge in [-0.25, -0.2) is 4.98 Å². The van der Waals surface area contributed by atoms with Crippen LogP contribution in [0.4, 0.5) is 4.39 Å². The van der Waals surface area contributed by atoms with Gasteiger partial charge in [0.15, 0.2) is 0 Å². The van der Waals surface area contributed by atoms with E-state index in [1.54, 1.807) is 6.07 Å². The smallest absolute Gasteiger partial charge is 0.213 e. The van der Waals surface area contributed by atoms with Gasteiger partial charge >= 0.3 is 0 Å². The molecule has 16 heavy (non-hydrogen) atoms. The van der Waals surface area contributed by atoms with Crippen molar-refractivity contribution >= 4 is 0 Å². The molecule has 0 saturated carbocycles. The number of rotatable bonds is 5. The zero-order valence-corrected chi connectivity index (χ0v) is 9.45. The summed E-state index contributed by atoms with van der Waals surface area (Å²) in [5.74, 6) is 0.176. The number of nitrogens with zero attached hydrogens (tertiary/aromatic N) is 1. The number of aromatic nitrogens is 1. The van der Waals surface area contributed by atoms with Gasteiger partial charge in [-0.15, -0.1) is 0 Å². The monoisotopic (exact) mass is 224 g/mol. The number of pyridine rings is 1. The van der Waals surface area contributed by atoms with E-state index in [0.717, 1.165) is 25.8 Å². The molecule has 0 spiro atoms. The van der Waals surface area contributed by atoms with Gasteiger partial charge in [0.05, 0.1) is 6.20 Å². The van der Waals surface area contributed by atoms with Crippen LogP contribution in [0.5, 0.6) is 5.75 Å². The minimum atomic E-state index is -0.471. The van der Waals surface area contributed by atoms with Gasteiger partial charge in [-0.05, 0) is 31.5 Å². The van der Waals surface area contributed by atoms with Gasteiger partial charge in [-0.1, -0.05) is 13.3 Å². The lowest BCUT2D eigenvalue weighted by molar-refractivity contribution is 0.108. The Balaban J connectivity index is 1.96. The third kappa shape index (κ3) is 2.70. The Kier molecular flexibility index (Phi) is 3.72. The molecule has 3 nitrogen and oxygen atoms in total. The fraction of sp³-hybridized carbons (Fsp3) is 0.583. The van der Waals surface area contributed by atoms with Crippen molar-refractivity contribution in [2.45, 2.75) is 38.3 Å². The second kappa shape index (κ2) is 5.25. The van der Waals surface area contributed by atoms with E-state index in [2.05, 4.69) is 17.2 Å². The zero-order valence-electron chi connectivity index (χ0n) is 9.45. The molecule has 0 amide bonds. The van der Waals surface area contributed by atoms with Crippen LogP contribution in [0.3, 0.4) is 0 Å². The van der Waals surface area contributed by atoms with Gasteiger partial charge in [-0.2, -0.15) is 4.39 Å². The largest absolute Gasteiger partial charge is 0.487 e. The predicted molar refractivity (Wildman–Crippen MR) is 59.9 cm³/mol. The van der Waals surface area contributed by atoms with E-state index in [1.807, 2.05) is 0 Å². The lowest BCUT2D eigenvalue weighted by Crippen LogP contribution is -2.52. The molecule has 1 aliphatic rings. The topological polar surface area (TPSA) is 34.1 Å². The highest BCUT2D eigenvalue weighted by molar-refractivity contribution is 5.17. The summed E-state index contributed by atoms with van der Waals surface area (Å²) in [6, 6.07) is 3.39. The van der Waals surface area contributed by atoms with Gasteiger partial charge in [0.25, 0.3) is 0 Å². The summed E-state index contributed by atoms with van der Waals surface area (Å²) in [6.45, 7) is 3.20. The highest BCUT2D eigenvalue weighted by Gasteiger charge is 2.27. The summed E-state index contributed by atoms with van der Waals surface area (Å²) in [5.41, 5.74) is 0. The Labute approximate surface area is 95.0 Å². The molecule has 88 valence electrons. The van der Waals surface area contributed by atoms with Gasteiger partial charge in [0.2, 0.25) is 5.95 Å². The first kappa shape index (κ1) is 11.3. The molecule has 2 atom stereocenters. The van der Waals surface area contributed by atoms with Crippen LogP contribution in [-0.2, 0) is 0 Å². The first-order valence-corrected chi connectivity index (χ1v) is 5.81. The van der Waals surface area contributed by atoms with Crippen molar-refractivity contribution in [2.24, 2.45) is 0 Å². The van der Waals surface area contributed by atoms with Crippen LogP contribution in [0.1, 0.15) is 26.2 Å². The molecule has 0 aliphatic carbocycles. The molecule has 1 aromatic rings. The van der Waals surface area contributed by atoms with Gasteiger partial charge < -0.3 is 10.1 Å². The van der Waals surface area contributed by atoms with E-state index in [1.165, 1.54) is 12.3 Å². The quantitative estimate of drug-likeness (QED) is 0.778. The first-order valence-electron chi connectivity index (χ1n) is 5.81. The summed E-state index contributed by atoms with van der Waals surface area (Å²) in [4.78, 5) is 3.58. The zero-order chi connectivity index (χ0) is 11.4. The van der Waals surface area contributed by atoms with Crippen molar-refractivity contribution in [3.05, 3.63) is 24.3 Å². The maximum atomic E-state index is 12.6. The van der Waals surface area contributed by atoms with Crippen molar-refractivity contribution in [3.63, 3.8) is 0 Å². The van der Waals surface area contributed by atoms with Crippen LogP contribution < -0.4 is 10.1 Å². The fourth-order valence-electron chi connectivity index (χ4n) is 1.86. The lowest BCUT2D eigenvalue weighted by Gasteiger charge is -2.35. The molecule has 1 saturated heterocycles. The van der Waals surface area contributed by atoms with Crippen molar-refractivity contribution in [3.8, 4) is 5.75 Å². The summed E-state index contributed by atoms with van der Waals surface area (Å²) < 4.78 is 18.5. The second-order valence-corrected chi connectivity index (χ2v) is 4.11. The lowest BCUT2D eigenvalue weighted by atomic mass is 9.97. The highest BCUT2D eigenvalue weighted by atomic mass is 19.1. The number of halogens is 1. The average Bonchev–Trinajstić information content (AvgIpc) is 2.19. The Morgan fingerprint density at radius 2 is 2.44 bits per heavy atom. The molecule has 4 heteroatoms. The molecule has 1 unspecified atom stereocenters. The van der Waals surface area contributed by atoms with E-state index in [0.29, 0.717) is 11.8 Å². The predicted octanol–water partition coefficient (Wildman–Crippen LogP) is 2.13. The number of ether oxygens (including phenoxy) is 1. The van der Waals surface area contributed by atoms with E-state index < -0.39 is 5.95 Å². The molecular weight excluding hydrogens is 207 g/mol. The Morgan fingerprint density at radius 3 is 2.94 bits per heavy atom. The Hall–Kier alpha value is -1.16. The first-order chi connectivity index (χ1) is 7.79. The molecule has 1 aliphatic heterocycles. The maximum Gasteiger partial charge on any atom is 0.213 e. The molecule has 0 aromatic carbocycles. The number of hydrogen-bond acceptors (Lipinski definition) is 3. The van der Waals surface area contributed by atoms with Crippen molar-refractivity contribution in [1.82, 2.24) is 10.3 Å². The Bertz CT molecular complexity index is 324. The van der Waals surface area contributed by atoms with E-state index in [9.17, 15) is 4.39 Å². The molecular formula is C12H17FN2O. The van der Waals surface area contributed by atoms with Gasteiger partial charge in [-0.3, -0.25) is 0 Å². The minimum absolute atomic E-state index is 0.172. The number of hydrogen-bond donors (Lipinski definition) is 1. The summed E-state index contributed by atoms with van der Waals surface area (Å²) in [7, 11) is 0. The Morgan fingerprint density at radius 1 is 1.62 bits per heavy atom. The maximum absolute atomic E-state index is 12.6. The molecule has 0 radical (unpaired) electrons. The molecule has 1 fully saturated rings. The summed E-state index contributed by atoms with van der Waals surface area (Å²) in [5, 5.41) is 3.34. The van der Waals surface area contributed by atoms with E-state index >= 15 is 0 Å². The number of nitrogens with one attached hydrogen (secondary N) is 1. The van der Waals surface area contributed by atoms with Crippen LogP contribution >= 0.6 is 0 Å². The second-order valence-electron chi connectivity index (χ2n) is 4.11. The van der Waals surface area contributed by atoms with Crippen LogP contribution in [0, 0.1) is 5.95 Å². The molecule has 2 heterocycles. The van der Waals surface area contributed by atoms with E-state index in [-0.39, 0.29) is 6.10 Å². The van der Waals surface area contributed by atoms with Gasteiger partial charge in [0.1, 0.15) is 11.9 Å². The SMILES string of the molecule is CCCC(Oc1ccc(F)nc1)[C@@H]1CCN1. The molecule has 1 aromatic heterocycles. The van der Waals surface area contributed by atoms with E-state index in [4.69, 9.17) is 4.74 Å². The third-order valence-corrected chi connectivity index (χ3v) is 2.87. The summed E-state index contributed by atoms with van der Waals surface area (Å²) >= 11 is 0. The average molecular weight is 224 g/mol. The van der Waals surface area contributed by atoms with Crippen molar-refractivity contribution in [2.75, 3.05) is 6.54 Å². The van der Waals surface area contributed by atoms with Crippen LogP contribution in [0.2, 0.25) is 0 Å². The van der Waals surface area contributed by atoms with Crippen LogP contribution in [0.15, 0.2) is 18.3 Å². The highest BCUT2D eigenvalue weighted by Crippen LogP contribution is 2.19. The van der Waals surface area contributed by atoms with Crippen molar-refractivity contribution < 1.29 is 9.13 Å². The van der Waals surface area contributed by atoms with Crippen LogP contribution in [-0.4, -0.2) is 23.7 Å². The van der Waals surface area contributed by atoms with Gasteiger partial charge in [0, 0.05) is 6.04 Å². The third-order valence-electron chi connectivity index (χ3n) is 2.87. The fourth-order valence-corrected chi connectivity index (χ4v) is 1.86. The summed E-state index contributed by atoms with van der Waals surface area (Å²) in [6.07, 6.45) is 4.86. The molecule has 2 rings (SSSR count). The minimum Gasteiger partial charge on any atom is -0.487 e. The molecule has 0 bridgehead atoms. The van der Waals surface area contributed by atoms with Crippen LogP contribution in [0.25, 0.3) is 0 Å². The standard InChI is InChI=1S/C12H17FN2O/c1-2-3-11(10-6-7-14-10)16-9-4-5-12(13)15-8-9/h4-5,8,10-11,14H,2-3,6-7H2,1H3/t10-,11?/m0/s1. The van der Waals surface area contributed by atoms with Crippen molar-refractivity contribution in [1.29, 1.82) is 0 Å².